The first-order valence-electron chi connectivity index (χ1n) is 0.545. The fraction of sp³-hybridized carbons (Fsp3) is 0. The monoisotopic (exact) mass is 185 g/mol. The minimum atomic E-state index is -4.25. The predicted octanol–water partition coefficient (Wildman–Crippen LogP) is 1.14. The van der Waals surface area contributed by atoms with Crippen molar-refractivity contribution in [1.29, 1.82) is 0 Å². The van der Waals surface area contributed by atoms with E-state index in [1.165, 1.54) is 0 Å². The zero-order valence-electron chi connectivity index (χ0n) is 2.25. The molecule has 0 fully saturated rings. The summed E-state index contributed by atoms with van der Waals surface area (Å²) in [5.74, 6) is 0. The molecule has 0 saturated carbocycles. The summed E-state index contributed by atoms with van der Waals surface area (Å²) in [6.45, 7) is 0. The summed E-state index contributed by atoms with van der Waals surface area (Å²) < 4.78 is 37.2. The molecule has 0 aromatic heterocycles. The van der Waals surface area contributed by atoms with Crippen LogP contribution in [0.5, 0.6) is 0 Å². The summed E-state index contributed by atoms with van der Waals surface area (Å²) in [6, 6.07) is 0. The van der Waals surface area contributed by atoms with Crippen LogP contribution in [0, 0.1) is 0 Å². The van der Waals surface area contributed by atoms with Crippen LogP contribution >= 0.6 is 0 Å². The van der Waals surface area contributed by atoms with E-state index in [4.69, 9.17) is 3.83 Å². The Labute approximate surface area is 46.2 Å². The van der Waals surface area contributed by atoms with E-state index in [-0.39, 0.29) is 0 Å². The first-order chi connectivity index (χ1) is 2.73. The van der Waals surface area contributed by atoms with E-state index >= 15 is 0 Å². The van der Waals surface area contributed by atoms with Crippen LogP contribution in [0.15, 0.2) is 0 Å². The molecule has 0 aromatic carbocycles. The fourth-order valence-corrected chi connectivity index (χ4v) is 0. The van der Waals surface area contributed by atoms with Crippen molar-refractivity contribution in [2.45, 2.75) is 0 Å². The molecule has 0 spiro atoms. The summed E-state index contributed by atoms with van der Waals surface area (Å²) in [5, 5.41) is 0. The minimum absolute atomic E-state index is 2.00. The van der Waals surface area contributed by atoms with Gasteiger partial charge in [0.05, 0.1) is 0 Å². The van der Waals surface area contributed by atoms with Crippen molar-refractivity contribution < 1.29 is 45.7 Å². The number of halogens is 3. The van der Waals surface area contributed by atoms with Gasteiger partial charge in [-0.05, 0) is 0 Å². The van der Waals surface area contributed by atoms with Crippen LogP contribution in [0.3, 0.4) is 0 Å². The molecule has 0 atom stereocenters. The van der Waals surface area contributed by atoms with E-state index in [1.54, 1.807) is 0 Å². The normalized spacial score (nSPS) is 8.33. The van der Waals surface area contributed by atoms with Gasteiger partial charge < -0.3 is 0 Å². The summed E-state index contributed by atoms with van der Waals surface area (Å²) in [6.07, 6.45) is 0. The summed E-state index contributed by atoms with van der Waals surface area (Å²) >= 11 is -2.25. The van der Waals surface area contributed by atoms with Gasteiger partial charge in [0.25, 0.3) is 0 Å². The molecule has 0 radical (unpaired) electrons. The molecule has 0 unspecified atom stereocenters. The van der Waals surface area contributed by atoms with Crippen molar-refractivity contribution in [3.05, 3.63) is 0 Å². The molecule has 0 rings (SSSR count). The molecule has 0 bridgehead atoms. The molecule has 0 aliphatic heterocycles. The van der Waals surface area contributed by atoms with Crippen LogP contribution in [0.4, 0.5) is 10.7 Å². The van der Waals surface area contributed by atoms with Crippen molar-refractivity contribution in [3.8, 4) is 0 Å². The standard InChI is InChI=1S/3FH.2Fe.O/h3*1H;;;/q;;;;+3;/p-3. The Bertz CT molecular complexity index is 20.0. The number of hydrogen-bond donors (Lipinski definition) is 0. The van der Waals surface area contributed by atoms with Gasteiger partial charge in [0, 0.05) is 0 Å². The predicted molar refractivity (Wildman–Crippen MR) is 4.01 cm³/mol. The van der Waals surface area contributed by atoms with Gasteiger partial charge in [0.2, 0.25) is 0 Å². The zero-order chi connectivity index (χ0) is 5.58. The molecular formula is F3Fe2O. The Hall–Kier alpha value is 0.629. The van der Waals surface area contributed by atoms with Crippen LogP contribution in [0.25, 0.3) is 0 Å². The Morgan fingerprint density at radius 2 is 1.17 bits per heavy atom. The van der Waals surface area contributed by atoms with Crippen molar-refractivity contribution in [1.82, 2.24) is 0 Å². The molecule has 1 nitrogen and oxygen atoms in total. The third-order valence-electron chi connectivity index (χ3n) is 0. The molecule has 0 heterocycles. The van der Waals surface area contributed by atoms with Crippen LogP contribution < -0.4 is 0 Å². The van der Waals surface area contributed by atoms with Crippen molar-refractivity contribution in [2.24, 2.45) is 0 Å². The second kappa shape index (κ2) is 9.16. The maximum atomic E-state index is 9.75. The van der Waals surface area contributed by atoms with E-state index in [0.29, 0.717) is 0 Å². The number of rotatable bonds is 0. The second-order valence-electron chi connectivity index (χ2n) is 0.152. The third kappa shape index (κ3) is 154. The van der Waals surface area contributed by atoms with E-state index in [1.807, 2.05) is 15.9 Å². The summed E-state index contributed by atoms with van der Waals surface area (Å²) in [7, 11) is 0. The fourth-order valence-electron chi connectivity index (χ4n) is 0. The SMILES string of the molecule is [F][Fe]([F])[F].[O]=[Fe]. The van der Waals surface area contributed by atoms with Gasteiger partial charge in [-0.25, -0.2) is 0 Å². The van der Waals surface area contributed by atoms with Gasteiger partial charge in [0.1, 0.15) is 0 Å². The molecule has 0 aromatic rings. The molecule has 6 heavy (non-hydrogen) atoms. The third-order valence-corrected chi connectivity index (χ3v) is 0. The molecule has 43 valence electrons. The molecule has 6 heteroatoms. The Morgan fingerprint density at radius 3 is 1.17 bits per heavy atom. The van der Waals surface area contributed by atoms with Crippen LogP contribution in [-0.2, 0) is 35.0 Å². The van der Waals surface area contributed by atoms with Crippen molar-refractivity contribution >= 4 is 0 Å². The van der Waals surface area contributed by atoms with E-state index in [2.05, 4.69) is 0 Å². The number of hydrogen-bond acceptors (Lipinski definition) is 1. The van der Waals surface area contributed by atoms with Crippen LogP contribution in [-0.4, -0.2) is 0 Å². The molecule has 0 N–H and O–H groups in total. The zero-order valence-corrected chi connectivity index (χ0v) is 4.46. The van der Waals surface area contributed by atoms with Gasteiger partial charge in [-0.15, -0.1) is 0 Å². The average Bonchev–Trinajstić information content (AvgIpc) is 1.41. The van der Waals surface area contributed by atoms with Gasteiger partial charge >= 0.3 is 45.7 Å². The van der Waals surface area contributed by atoms with Crippen LogP contribution in [0.1, 0.15) is 0 Å². The van der Waals surface area contributed by atoms with Crippen molar-refractivity contribution in [3.63, 3.8) is 0 Å². The molecule has 0 aliphatic carbocycles. The Kier molecular flexibility index (Phi) is 15.0. The van der Waals surface area contributed by atoms with E-state index < -0.39 is 15.3 Å². The van der Waals surface area contributed by atoms with Gasteiger partial charge in [-0.1, -0.05) is 0 Å². The van der Waals surface area contributed by atoms with E-state index in [0.717, 1.165) is 0 Å². The van der Waals surface area contributed by atoms with Gasteiger partial charge in [0.15, 0.2) is 0 Å². The maximum absolute atomic E-state index is 9.75. The first kappa shape index (κ1) is 9.80. The quantitative estimate of drug-likeness (QED) is 0.516. The topological polar surface area (TPSA) is 17.1 Å². The molecule has 0 amide bonds. The summed E-state index contributed by atoms with van der Waals surface area (Å²) in [4.78, 5) is 0. The summed E-state index contributed by atoms with van der Waals surface area (Å²) in [5.41, 5.74) is 0. The second-order valence-corrected chi connectivity index (χ2v) is 0.625. The Balaban J connectivity index is 0. The van der Waals surface area contributed by atoms with Crippen LogP contribution in [0.2, 0.25) is 0 Å². The van der Waals surface area contributed by atoms with E-state index in [9.17, 15) is 10.7 Å². The molecule has 0 saturated heterocycles. The molecular weight excluding hydrogens is 185 g/mol. The first-order valence-corrected chi connectivity index (χ1v) is 2.25. The van der Waals surface area contributed by atoms with Gasteiger partial charge in [-0.2, -0.15) is 0 Å². The Morgan fingerprint density at radius 1 is 1.17 bits per heavy atom. The average molecular weight is 185 g/mol. The molecule has 0 aliphatic rings. The van der Waals surface area contributed by atoms with Crippen molar-refractivity contribution in [2.75, 3.05) is 0 Å². The van der Waals surface area contributed by atoms with Gasteiger partial charge in [-0.3, -0.25) is 0 Å².